The van der Waals surface area contributed by atoms with Gasteiger partial charge in [0.2, 0.25) is 0 Å². The summed E-state index contributed by atoms with van der Waals surface area (Å²) in [5.74, 6) is 2.13. The predicted molar refractivity (Wildman–Crippen MR) is 76.0 cm³/mol. The summed E-state index contributed by atoms with van der Waals surface area (Å²) in [5, 5.41) is 4.31. The van der Waals surface area contributed by atoms with Gasteiger partial charge in [-0.25, -0.2) is 9.97 Å². The van der Waals surface area contributed by atoms with Gasteiger partial charge in [0.15, 0.2) is 11.6 Å². The summed E-state index contributed by atoms with van der Waals surface area (Å²) in [6, 6.07) is 11.7. The van der Waals surface area contributed by atoms with Gasteiger partial charge in [0, 0.05) is 18.1 Å². The summed E-state index contributed by atoms with van der Waals surface area (Å²) in [6.07, 6.45) is 2.80. The average Bonchev–Trinajstić information content (AvgIpc) is 2.89. The molecule has 0 aliphatic rings. The van der Waals surface area contributed by atoms with Gasteiger partial charge in [0.1, 0.15) is 11.4 Å². The lowest BCUT2D eigenvalue weighted by Gasteiger charge is -2.03. The molecule has 2 heterocycles. The molecule has 0 saturated heterocycles. The Morgan fingerprint density at radius 3 is 2.95 bits per heavy atom. The summed E-state index contributed by atoms with van der Waals surface area (Å²) in [6.45, 7) is 3.02. The second-order valence-electron chi connectivity index (χ2n) is 4.34. The zero-order valence-electron chi connectivity index (χ0n) is 10.8. The van der Waals surface area contributed by atoms with E-state index < -0.39 is 0 Å². The Bertz CT molecular complexity index is 657. The molecule has 2 aromatic heterocycles. The van der Waals surface area contributed by atoms with E-state index >= 15 is 0 Å². The van der Waals surface area contributed by atoms with Crippen molar-refractivity contribution in [3.05, 3.63) is 42.6 Å². The lowest BCUT2D eigenvalue weighted by atomic mass is 10.2. The SMILES string of the molecule is CCCNc1ccnc(-c2cc3ccccc3o2)n1. The van der Waals surface area contributed by atoms with E-state index in [4.69, 9.17) is 4.42 Å². The van der Waals surface area contributed by atoms with Crippen LogP contribution in [0.15, 0.2) is 47.0 Å². The maximum atomic E-state index is 5.76. The third-order valence-electron chi connectivity index (χ3n) is 2.86. The highest BCUT2D eigenvalue weighted by atomic mass is 16.3. The van der Waals surface area contributed by atoms with Crippen LogP contribution in [0.2, 0.25) is 0 Å². The number of para-hydroxylation sites is 1. The van der Waals surface area contributed by atoms with Crippen LogP contribution >= 0.6 is 0 Å². The van der Waals surface area contributed by atoms with Crippen LogP contribution in [-0.2, 0) is 0 Å². The number of aromatic nitrogens is 2. The number of furan rings is 1. The van der Waals surface area contributed by atoms with Crippen molar-refractivity contribution in [2.75, 3.05) is 11.9 Å². The van der Waals surface area contributed by atoms with Gasteiger partial charge in [0.25, 0.3) is 0 Å². The molecule has 0 aliphatic heterocycles. The van der Waals surface area contributed by atoms with Crippen molar-refractivity contribution in [2.45, 2.75) is 13.3 Å². The van der Waals surface area contributed by atoms with Crippen LogP contribution in [0.1, 0.15) is 13.3 Å². The van der Waals surface area contributed by atoms with Crippen molar-refractivity contribution in [2.24, 2.45) is 0 Å². The molecule has 0 saturated carbocycles. The molecule has 0 spiro atoms. The largest absolute Gasteiger partial charge is 0.453 e. The highest BCUT2D eigenvalue weighted by molar-refractivity contribution is 5.81. The second kappa shape index (κ2) is 5.10. The van der Waals surface area contributed by atoms with Crippen LogP contribution in [-0.4, -0.2) is 16.5 Å². The van der Waals surface area contributed by atoms with Gasteiger partial charge >= 0.3 is 0 Å². The molecule has 19 heavy (non-hydrogen) atoms. The van der Waals surface area contributed by atoms with Crippen LogP contribution in [0.25, 0.3) is 22.6 Å². The normalized spacial score (nSPS) is 10.8. The molecular weight excluding hydrogens is 238 g/mol. The van der Waals surface area contributed by atoms with Crippen molar-refractivity contribution in [1.82, 2.24) is 9.97 Å². The van der Waals surface area contributed by atoms with Gasteiger partial charge in [-0.15, -0.1) is 0 Å². The number of nitrogens with one attached hydrogen (secondary N) is 1. The maximum Gasteiger partial charge on any atom is 0.197 e. The Kier molecular flexibility index (Phi) is 3.14. The summed E-state index contributed by atoms with van der Waals surface area (Å²) in [7, 11) is 0. The summed E-state index contributed by atoms with van der Waals surface area (Å²) >= 11 is 0. The fraction of sp³-hybridized carbons (Fsp3) is 0.200. The molecule has 1 aromatic carbocycles. The van der Waals surface area contributed by atoms with E-state index in [1.165, 1.54) is 0 Å². The van der Waals surface area contributed by atoms with Crippen molar-refractivity contribution < 1.29 is 4.42 Å². The first-order chi connectivity index (χ1) is 9.36. The molecule has 0 bridgehead atoms. The van der Waals surface area contributed by atoms with Gasteiger partial charge in [0.05, 0.1) is 0 Å². The van der Waals surface area contributed by atoms with Crippen LogP contribution in [0, 0.1) is 0 Å². The van der Waals surface area contributed by atoms with Crippen LogP contribution in [0.3, 0.4) is 0 Å². The first-order valence-corrected chi connectivity index (χ1v) is 6.42. The lowest BCUT2D eigenvalue weighted by Crippen LogP contribution is -2.02. The number of hydrogen-bond acceptors (Lipinski definition) is 4. The summed E-state index contributed by atoms with van der Waals surface area (Å²) in [5.41, 5.74) is 0.855. The second-order valence-corrected chi connectivity index (χ2v) is 4.34. The zero-order valence-corrected chi connectivity index (χ0v) is 10.8. The fourth-order valence-corrected chi connectivity index (χ4v) is 1.92. The minimum absolute atomic E-state index is 0.609. The quantitative estimate of drug-likeness (QED) is 0.770. The van der Waals surface area contributed by atoms with E-state index in [1.807, 2.05) is 36.4 Å². The minimum atomic E-state index is 0.609. The van der Waals surface area contributed by atoms with Crippen molar-refractivity contribution >= 4 is 16.8 Å². The van der Waals surface area contributed by atoms with E-state index in [0.29, 0.717) is 11.6 Å². The molecular formula is C15H15N3O. The lowest BCUT2D eigenvalue weighted by molar-refractivity contribution is 0.625. The number of hydrogen-bond donors (Lipinski definition) is 1. The topological polar surface area (TPSA) is 51.0 Å². The van der Waals surface area contributed by atoms with Crippen LogP contribution in [0.4, 0.5) is 5.82 Å². The van der Waals surface area contributed by atoms with Gasteiger partial charge in [-0.2, -0.15) is 0 Å². The first-order valence-electron chi connectivity index (χ1n) is 6.42. The van der Waals surface area contributed by atoms with E-state index in [0.717, 1.165) is 29.8 Å². The third kappa shape index (κ3) is 2.42. The van der Waals surface area contributed by atoms with E-state index in [-0.39, 0.29) is 0 Å². The molecule has 0 radical (unpaired) electrons. The molecule has 0 amide bonds. The van der Waals surface area contributed by atoms with Gasteiger partial charge in [-0.05, 0) is 24.6 Å². The Morgan fingerprint density at radius 2 is 2.11 bits per heavy atom. The first kappa shape index (κ1) is 11.7. The molecule has 0 unspecified atom stereocenters. The van der Waals surface area contributed by atoms with Crippen molar-refractivity contribution in [3.63, 3.8) is 0 Å². The summed E-state index contributed by atoms with van der Waals surface area (Å²) in [4.78, 5) is 8.73. The zero-order chi connectivity index (χ0) is 13.1. The smallest absolute Gasteiger partial charge is 0.197 e. The van der Waals surface area contributed by atoms with Gasteiger partial charge in [-0.3, -0.25) is 0 Å². The van der Waals surface area contributed by atoms with Crippen molar-refractivity contribution in [1.29, 1.82) is 0 Å². The highest BCUT2D eigenvalue weighted by Crippen LogP contribution is 2.25. The summed E-state index contributed by atoms with van der Waals surface area (Å²) < 4.78 is 5.76. The average molecular weight is 253 g/mol. The number of fused-ring (bicyclic) bond motifs is 1. The highest BCUT2D eigenvalue weighted by Gasteiger charge is 2.08. The minimum Gasteiger partial charge on any atom is -0.453 e. The Hall–Kier alpha value is -2.36. The molecule has 0 aliphatic carbocycles. The number of benzene rings is 1. The monoisotopic (exact) mass is 253 g/mol. The van der Waals surface area contributed by atoms with Gasteiger partial charge < -0.3 is 9.73 Å². The molecule has 1 N–H and O–H groups in total. The predicted octanol–water partition coefficient (Wildman–Crippen LogP) is 3.71. The fourth-order valence-electron chi connectivity index (χ4n) is 1.92. The molecule has 0 fully saturated rings. The number of nitrogens with zero attached hydrogens (tertiary/aromatic N) is 2. The van der Waals surface area contributed by atoms with Gasteiger partial charge in [-0.1, -0.05) is 25.1 Å². The molecule has 3 aromatic rings. The van der Waals surface area contributed by atoms with Crippen LogP contribution < -0.4 is 5.32 Å². The maximum absolute atomic E-state index is 5.76. The van der Waals surface area contributed by atoms with Crippen molar-refractivity contribution in [3.8, 4) is 11.6 Å². The van der Waals surface area contributed by atoms with Crippen LogP contribution in [0.5, 0.6) is 0 Å². The number of rotatable bonds is 4. The van der Waals surface area contributed by atoms with E-state index in [1.54, 1.807) is 6.20 Å². The standard InChI is InChI=1S/C15H15N3O/c1-2-8-16-14-7-9-17-15(18-14)13-10-11-5-3-4-6-12(11)19-13/h3-7,9-10H,2,8H2,1H3,(H,16,17,18). The van der Waals surface area contributed by atoms with E-state index in [9.17, 15) is 0 Å². The Morgan fingerprint density at radius 1 is 1.21 bits per heavy atom. The van der Waals surface area contributed by atoms with E-state index in [2.05, 4.69) is 22.2 Å². The number of anilines is 1. The molecule has 4 heteroatoms. The Balaban J connectivity index is 1.96. The Labute approximate surface area is 111 Å². The molecule has 96 valence electrons. The molecule has 3 rings (SSSR count). The molecule has 4 nitrogen and oxygen atoms in total. The third-order valence-corrected chi connectivity index (χ3v) is 2.86. The molecule has 0 atom stereocenters.